The molecule has 0 unspecified atom stereocenters. The van der Waals surface area contributed by atoms with Crippen LogP contribution in [0.25, 0.3) is 0 Å². The first kappa shape index (κ1) is 14.1. The van der Waals surface area contributed by atoms with E-state index in [0.717, 1.165) is 63.1 Å². The van der Waals surface area contributed by atoms with Crippen molar-refractivity contribution in [3.8, 4) is 0 Å². The van der Waals surface area contributed by atoms with Gasteiger partial charge in [-0.05, 0) is 26.2 Å². The molecule has 1 aromatic rings. The van der Waals surface area contributed by atoms with Gasteiger partial charge in [0.1, 0.15) is 5.82 Å². The summed E-state index contributed by atoms with van der Waals surface area (Å²) < 4.78 is 0. The Morgan fingerprint density at radius 3 is 2.33 bits per heavy atom. The molecule has 21 heavy (non-hydrogen) atoms. The Kier molecular flexibility index (Phi) is 4.22. The Morgan fingerprint density at radius 1 is 0.952 bits per heavy atom. The summed E-state index contributed by atoms with van der Waals surface area (Å²) in [6.45, 7) is 7.37. The maximum atomic E-state index is 10.8. The number of carbonyl (C=O) groups is 1. The molecule has 2 aliphatic rings. The lowest BCUT2D eigenvalue weighted by atomic mass is 10.1. The molecule has 1 amide bonds. The van der Waals surface area contributed by atoms with Crippen molar-refractivity contribution in [3.05, 3.63) is 11.8 Å². The summed E-state index contributed by atoms with van der Waals surface area (Å²) in [6, 6.07) is 2.05. The summed E-state index contributed by atoms with van der Waals surface area (Å²) >= 11 is 0. The lowest BCUT2D eigenvalue weighted by molar-refractivity contribution is -0.118. The zero-order chi connectivity index (χ0) is 14.7. The summed E-state index contributed by atoms with van der Waals surface area (Å²) in [5, 5.41) is 0. The lowest BCUT2D eigenvalue weighted by Crippen LogP contribution is -2.46. The molecule has 0 aromatic carbocycles. The Bertz CT molecular complexity index is 493. The first-order valence-electron chi connectivity index (χ1n) is 7.81. The standard InChI is InChI=1S/C15H23N5O/c1-13-11-14(19-9-7-18(12-21)8-10-19)17-15(16-13)20-5-3-2-4-6-20/h11-12H,2-10H2,1H3. The van der Waals surface area contributed by atoms with Crippen LogP contribution in [-0.4, -0.2) is 60.5 Å². The van der Waals surface area contributed by atoms with E-state index in [9.17, 15) is 4.79 Å². The first-order valence-corrected chi connectivity index (χ1v) is 7.81. The van der Waals surface area contributed by atoms with Crippen LogP contribution in [0.5, 0.6) is 0 Å². The molecule has 3 heterocycles. The number of aryl methyl sites for hydroxylation is 1. The molecule has 2 aliphatic heterocycles. The van der Waals surface area contributed by atoms with Crippen LogP contribution in [0, 0.1) is 6.92 Å². The number of amides is 1. The quantitative estimate of drug-likeness (QED) is 0.779. The SMILES string of the molecule is Cc1cc(N2CCN(C=O)CC2)nc(N2CCCCC2)n1. The van der Waals surface area contributed by atoms with Crippen LogP contribution < -0.4 is 9.80 Å². The molecule has 0 N–H and O–H groups in total. The predicted octanol–water partition coefficient (Wildman–Crippen LogP) is 1.05. The summed E-state index contributed by atoms with van der Waals surface area (Å²) in [7, 11) is 0. The smallest absolute Gasteiger partial charge is 0.227 e. The van der Waals surface area contributed by atoms with Gasteiger partial charge in [0.2, 0.25) is 12.4 Å². The molecule has 0 bridgehead atoms. The highest BCUT2D eigenvalue weighted by Crippen LogP contribution is 2.21. The van der Waals surface area contributed by atoms with Crippen molar-refractivity contribution in [3.63, 3.8) is 0 Å². The van der Waals surface area contributed by atoms with Crippen molar-refractivity contribution in [2.24, 2.45) is 0 Å². The molecule has 0 atom stereocenters. The van der Waals surface area contributed by atoms with E-state index in [-0.39, 0.29) is 0 Å². The van der Waals surface area contributed by atoms with Crippen LogP contribution >= 0.6 is 0 Å². The maximum Gasteiger partial charge on any atom is 0.227 e. The number of nitrogens with zero attached hydrogens (tertiary/aromatic N) is 5. The normalized spacial score (nSPS) is 19.8. The topological polar surface area (TPSA) is 52.6 Å². The van der Waals surface area contributed by atoms with Crippen LogP contribution in [-0.2, 0) is 4.79 Å². The second-order valence-corrected chi connectivity index (χ2v) is 5.84. The number of carbonyl (C=O) groups excluding carboxylic acids is 1. The fraction of sp³-hybridized carbons (Fsp3) is 0.667. The third-order valence-electron chi connectivity index (χ3n) is 4.26. The van der Waals surface area contributed by atoms with Crippen molar-refractivity contribution in [1.82, 2.24) is 14.9 Å². The van der Waals surface area contributed by atoms with Crippen LogP contribution in [0.4, 0.5) is 11.8 Å². The molecule has 0 spiro atoms. The maximum absolute atomic E-state index is 10.8. The van der Waals surface area contributed by atoms with Crippen LogP contribution in [0.3, 0.4) is 0 Å². The van der Waals surface area contributed by atoms with Crippen molar-refractivity contribution in [2.75, 3.05) is 49.1 Å². The van der Waals surface area contributed by atoms with E-state index >= 15 is 0 Å². The molecule has 0 aliphatic carbocycles. The molecular formula is C15H23N5O. The third kappa shape index (κ3) is 3.25. The highest BCUT2D eigenvalue weighted by Gasteiger charge is 2.20. The van der Waals surface area contributed by atoms with Gasteiger partial charge < -0.3 is 14.7 Å². The van der Waals surface area contributed by atoms with Gasteiger partial charge in [-0.2, -0.15) is 4.98 Å². The number of aromatic nitrogens is 2. The zero-order valence-electron chi connectivity index (χ0n) is 12.7. The fourth-order valence-electron chi connectivity index (χ4n) is 2.99. The molecule has 1 aromatic heterocycles. The number of hydrogen-bond donors (Lipinski definition) is 0. The van der Waals surface area contributed by atoms with E-state index in [1.165, 1.54) is 19.3 Å². The highest BCUT2D eigenvalue weighted by atomic mass is 16.1. The average Bonchev–Trinajstić information content (AvgIpc) is 2.55. The van der Waals surface area contributed by atoms with Crippen LogP contribution in [0.2, 0.25) is 0 Å². The van der Waals surface area contributed by atoms with Gasteiger partial charge in [-0.1, -0.05) is 0 Å². The number of piperidine rings is 1. The molecule has 0 radical (unpaired) electrons. The molecule has 6 nitrogen and oxygen atoms in total. The number of rotatable bonds is 3. The first-order chi connectivity index (χ1) is 10.3. The van der Waals surface area contributed by atoms with Gasteiger partial charge in [0, 0.05) is 51.0 Å². The monoisotopic (exact) mass is 289 g/mol. The molecule has 0 saturated carbocycles. The summed E-state index contributed by atoms with van der Waals surface area (Å²) in [5.74, 6) is 1.86. The minimum atomic E-state index is 0.769. The minimum absolute atomic E-state index is 0.769. The van der Waals surface area contributed by atoms with Gasteiger partial charge in [0.15, 0.2) is 0 Å². The largest absolute Gasteiger partial charge is 0.353 e. The van der Waals surface area contributed by atoms with Gasteiger partial charge in [0.05, 0.1) is 0 Å². The van der Waals surface area contributed by atoms with Crippen LogP contribution in [0.1, 0.15) is 25.0 Å². The third-order valence-corrected chi connectivity index (χ3v) is 4.26. The Hall–Kier alpha value is -1.85. The van der Waals surface area contributed by atoms with Crippen LogP contribution in [0.15, 0.2) is 6.07 Å². The number of piperazine rings is 1. The number of hydrogen-bond acceptors (Lipinski definition) is 5. The summed E-state index contributed by atoms with van der Waals surface area (Å²) in [4.78, 5) is 26.5. The predicted molar refractivity (Wildman–Crippen MR) is 82.7 cm³/mol. The van der Waals surface area contributed by atoms with E-state index in [0.29, 0.717) is 0 Å². The Balaban J connectivity index is 1.76. The van der Waals surface area contributed by atoms with E-state index < -0.39 is 0 Å². The van der Waals surface area contributed by atoms with Gasteiger partial charge in [-0.15, -0.1) is 0 Å². The Morgan fingerprint density at radius 2 is 1.67 bits per heavy atom. The molecule has 114 valence electrons. The zero-order valence-corrected chi connectivity index (χ0v) is 12.7. The van der Waals surface area contributed by atoms with E-state index in [1.807, 2.05) is 17.9 Å². The summed E-state index contributed by atoms with van der Waals surface area (Å²) in [6.07, 6.45) is 4.69. The highest BCUT2D eigenvalue weighted by molar-refractivity contribution is 5.50. The van der Waals surface area contributed by atoms with Gasteiger partial charge in [0.25, 0.3) is 0 Å². The molecule has 2 fully saturated rings. The van der Waals surface area contributed by atoms with Gasteiger partial charge in [-0.25, -0.2) is 4.98 Å². The number of anilines is 2. The lowest BCUT2D eigenvalue weighted by Gasteiger charge is -2.34. The van der Waals surface area contributed by atoms with Crippen molar-refractivity contribution < 1.29 is 4.79 Å². The minimum Gasteiger partial charge on any atom is -0.353 e. The van der Waals surface area contributed by atoms with E-state index in [2.05, 4.69) is 14.8 Å². The van der Waals surface area contributed by atoms with E-state index in [4.69, 9.17) is 4.98 Å². The second-order valence-electron chi connectivity index (χ2n) is 5.84. The average molecular weight is 289 g/mol. The fourth-order valence-corrected chi connectivity index (χ4v) is 2.99. The molecule has 6 heteroatoms. The second kappa shape index (κ2) is 6.28. The van der Waals surface area contributed by atoms with Gasteiger partial charge in [-0.3, -0.25) is 4.79 Å². The van der Waals surface area contributed by atoms with Crippen molar-refractivity contribution in [1.29, 1.82) is 0 Å². The van der Waals surface area contributed by atoms with Crippen molar-refractivity contribution >= 4 is 18.2 Å². The van der Waals surface area contributed by atoms with Gasteiger partial charge >= 0.3 is 0 Å². The van der Waals surface area contributed by atoms with Crippen molar-refractivity contribution in [2.45, 2.75) is 26.2 Å². The summed E-state index contributed by atoms with van der Waals surface area (Å²) in [5.41, 5.74) is 1.01. The molecular weight excluding hydrogens is 266 g/mol. The molecule has 3 rings (SSSR count). The Labute approximate surface area is 125 Å². The molecule has 2 saturated heterocycles. The van der Waals surface area contributed by atoms with E-state index in [1.54, 1.807) is 0 Å².